The predicted octanol–water partition coefficient (Wildman–Crippen LogP) is 0.429. The number of aromatic nitrogens is 1. The number of aryl methyl sites for hydroxylation is 1. The summed E-state index contributed by atoms with van der Waals surface area (Å²) in [6, 6.07) is 3.05. The summed E-state index contributed by atoms with van der Waals surface area (Å²) in [6.07, 6.45) is 0. The molecule has 13 heavy (non-hydrogen) atoms. The maximum atomic E-state index is 11.1. The van der Waals surface area contributed by atoms with Crippen molar-refractivity contribution in [3.05, 3.63) is 23.4 Å². The Kier molecular flexibility index (Phi) is 2.81. The number of rotatable bonds is 2. The number of hydrogen-bond donors (Lipinski definition) is 1. The molecule has 0 atom stereocenters. The van der Waals surface area contributed by atoms with Crippen LogP contribution in [0.2, 0.25) is 0 Å². The maximum Gasteiger partial charge on any atom is 0.339 e. The SMILES string of the molecule is COC(=O)c1ccc(ON)nc1C. The summed E-state index contributed by atoms with van der Waals surface area (Å²) >= 11 is 0. The molecule has 5 nitrogen and oxygen atoms in total. The number of esters is 1. The first-order valence-electron chi connectivity index (χ1n) is 3.61. The number of nitrogens with zero attached hydrogens (tertiary/aromatic N) is 1. The van der Waals surface area contributed by atoms with Crippen LogP contribution in [-0.4, -0.2) is 18.1 Å². The van der Waals surface area contributed by atoms with Gasteiger partial charge in [-0.25, -0.2) is 9.78 Å². The fourth-order valence-electron chi connectivity index (χ4n) is 0.929. The van der Waals surface area contributed by atoms with Gasteiger partial charge in [-0.1, -0.05) is 0 Å². The van der Waals surface area contributed by atoms with Gasteiger partial charge in [-0.3, -0.25) is 0 Å². The van der Waals surface area contributed by atoms with Crippen LogP contribution in [0.25, 0.3) is 0 Å². The molecule has 0 aliphatic heterocycles. The van der Waals surface area contributed by atoms with Gasteiger partial charge in [-0.2, -0.15) is 5.90 Å². The molecule has 0 aliphatic rings. The Balaban J connectivity index is 3.05. The fraction of sp³-hybridized carbons (Fsp3) is 0.250. The third-order valence-corrected chi connectivity index (χ3v) is 1.59. The zero-order valence-corrected chi connectivity index (χ0v) is 7.40. The van der Waals surface area contributed by atoms with E-state index in [2.05, 4.69) is 14.6 Å². The molecule has 0 unspecified atom stereocenters. The molecular formula is C8H10N2O3. The van der Waals surface area contributed by atoms with Gasteiger partial charge in [0.15, 0.2) is 0 Å². The van der Waals surface area contributed by atoms with Gasteiger partial charge in [0.25, 0.3) is 0 Å². The lowest BCUT2D eigenvalue weighted by molar-refractivity contribution is 0.0599. The number of carbonyl (C=O) groups excluding carboxylic acids is 1. The normalized spacial score (nSPS) is 9.46. The average molecular weight is 182 g/mol. The van der Waals surface area contributed by atoms with E-state index in [0.717, 1.165) is 0 Å². The summed E-state index contributed by atoms with van der Waals surface area (Å²) in [5.41, 5.74) is 0.929. The number of nitrogens with two attached hydrogens (primary N) is 1. The van der Waals surface area contributed by atoms with Gasteiger partial charge in [0, 0.05) is 6.07 Å². The van der Waals surface area contributed by atoms with Crippen molar-refractivity contribution in [3.63, 3.8) is 0 Å². The highest BCUT2D eigenvalue weighted by Crippen LogP contribution is 2.11. The third-order valence-electron chi connectivity index (χ3n) is 1.59. The van der Waals surface area contributed by atoms with E-state index in [4.69, 9.17) is 5.90 Å². The first-order valence-corrected chi connectivity index (χ1v) is 3.61. The number of pyridine rings is 1. The minimum atomic E-state index is -0.423. The molecule has 1 rings (SSSR count). The lowest BCUT2D eigenvalue weighted by Crippen LogP contribution is -2.08. The largest absolute Gasteiger partial charge is 0.465 e. The van der Waals surface area contributed by atoms with E-state index in [0.29, 0.717) is 11.3 Å². The number of ether oxygens (including phenoxy) is 1. The van der Waals surface area contributed by atoms with Crippen LogP contribution in [0.3, 0.4) is 0 Å². The molecule has 2 N–H and O–H groups in total. The molecule has 0 saturated heterocycles. The maximum absolute atomic E-state index is 11.1. The molecule has 1 aromatic heterocycles. The van der Waals surface area contributed by atoms with Crippen molar-refractivity contribution in [1.29, 1.82) is 0 Å². The van der Waals surface area contributed by atoms with Crippen molar-refractivity contribution >= 4 is 5.97 Å². The molecule has 0 amide bonds. The Morgan fingerprint density at radius 3 is 2.69 bits per heavy atom. The molecule has 0 bridgehead atoms. The van der Waals surface area contributed by atoms with Crippen molar-refractivity contribution in [2.75, 3.05) is 7.11 Å². The van der Waals surface area contributed by atoms with E-state index in [1.807, 2.05) is 0 Å². The second-order valence-corrected chi connectivity index (χ2v) is 2.39. The smallest absolute Gasteiger partial charge is 0.339 e. The average Bonchev–Trinajstić information content (AvgIpc) is 2.16. The van der Waals surface area contributed by atoms with Crippen LogP contribution in [0.15, 0.2) is 12.1 Å². The van der Waals surface area contributed by atoms with E-state index < -0.39 is 5.97 Å². The first kappa shape index (κ1) is 9.47. The monoisotopic (exact) mass is 182 g/mol. The van der Waals surface area contributed by atoms with Gasteiger partial charge >= 0.3 is 5.97 Å². The second-order valence-electron chi connectivity index (χ2n) is 2.39. The summed E-state index contributed by atoms with van der Waals surface area (Å²) in [5.74, 6) is 4.74. The van der Waals surface area contributed by atoms with Crippen molar-refractivity contribution < 1.29 is 14.4 Å². The molecule has 0 saturated carbocycles. The summed E-state index contributed by atoms with van der Waals surface area (Å²) in [5, 5.41) is 0. The van der Waals surface area contributed by atoms with Gasteiger partial charge in [-0.05, 0) is 13.0 Å². The molecule has 5 heteroatoms. The topological polar surface area (TPSA) is 74.4 Å². The van der Waals surface area contributed by atoms with Crippen LogP contribution in [0.4, 0.5) is 0 Å². The van der Waals surface area contributed by atoms with Crippen LogP contribution in [0.5, 0.6) is 5.88 Å². The minimum absolute atomic E-state index is 0.269. The quantitative estimate of drug-likeness (QED) is 0.530. The summed E-state index contributed by atoms with van der Waals surface area (Å²) in [6.45, 7) is 1.68. The van der Waals surface area contributed by atoms with Gasteiger partial charge in [0.2, 0.25) is 5.88 Å². The molecule has 0 fully saturated rings. The highest BCUT2D eigenvalue weighted by atomic mass is 16.6. The minimum Gasteiger partial charge on any atom is -0.465 e. The Morgan fingerprint density at radius 2 is 2.23 bits per heavy atom. The van der Waals surface area contributed by atoms with E-state index >= 15 is 0 Å². The highest BCUT2D eigenvalue weighted by molar-refractivity contribution is 5.90. The number of methoxy groups -OCH3 is 1. The van der Waals surface area contributed by atoms with Crippen LogP contribution in [-0.2, 0) is 4.74 Å². The van der Waals surface area contributed by atoms with Crippen LogP contribution in [0.1, 0.15) is 16.1 Å². The zero-order valence-electron chi connectivity index (χ0n) is 7.40. The van der Waals surface area contributed by atoms with Gasteiger partial charge in [0.1, 0.15) is 0 Å². The summed E-state index contributed by atoms with van der Waals surface area (Å²) in [7, 11) is 1.31. The lowest BCUT2D eigenvalue weighted by atomic mass is 10.2. The van der Waals surface area contributed by atoms with Crippen molar-refractivity contribution in [2.24, 2.45) is 5.90 Å². The van der Waals surface area contributed by atoms with Crippen LogP contribution >= 0.6 is 0 Å². The Labute approximate surface area is 75.4 Å². The van der Waals surface area contributed by atoms with E-state index in [1.54, 1.807) is 13.0 Å². The Morgan fingerprint density at radius 1 is 1.54 bits per heavy atom. The summed E-state index contributed by atoms with van der Waals surface area (Å²) in [4.78, 5) is 19.4. The van der Waals surface area contributed by atoms with Crippen molar-refractivity contribution in [2.45, 2.75) is 6.92 Å². The number of hydrogen-bond acceptors (Lipinski definition) is 5. The molecule has 0 aliphatic carbocycles. The van der Waals surface area contributed by atoms with E-state index in [9.17, 15) is 4.79 Å². The van der Waals surface area contributed by atoms with Crippen LogP contribution < -0.4 is 10.7 Å². The molecule has 0 radical (unpaired) electrons. The van der Waals surface area contributed by atoms with Gasteiger partial charge < -0.3 is 9.57 Å². The van der Waals surface area contributed by atoms with E-state index in [-0.39, 0.29) is 5.88 Å². The zero-order chi connectivity index (χ0) is 9.84. The highest BCUT2D eigenvalue weighted by Gasteiger charge is 2.10. The lowest BCUT2D eigenvalue weighted by Gasteiger charge is -2.03. The van der Waals surface area contributed by atoms with Crippen molar-refractivity contribution in [3.8, 4) is 5.88 Å². The van der Waals surface area contributed by atoms with Crippen molar-refractivity contribution in [1.82, 2.24) is 4.98 Å². The van der Waals surface area contributed by atoms with Crippen LogP contribution in [0, 0.1) is 6.92 Å². The van der Waals surface area contributed by atoms with Gasteiger partial charge in [0.05, 0.1) is 18.4 Å². The summed E-state index contributed by atoms with van der Waals surface area (Å²) < 4.78 is 4.54. The fourth-order valence-corrected chi connectivity index (χ4v) is 0.929. The number of carbonyl (C=O) groups is 1. The molecular weight excluding hydrogens is 172 g/mol. The second kappa shape index (κ2) is 3.86. The molecule has 1 aromatic rings. The van der Waals surface area contributed by atoms with Gasteiger partial charge in [-0.15, -0.1) is 0 Å². The first-order chi connectivity index (χ1) is 6.19. The molecule has 0 spiro atoms. The Bertz CT molecular complexity index is 325. The standard InChI is InChI=1S/C8H10N2O3/c1-5-6(8(11)12-2)3-4-7(10-5)13-9/h3-4H,9H2,1-2H3. The third kappa shape index (κ3) is 1.94. The predicted molar refractivity (Wildman–Crippen MR) is 45.1 cm³/mol. The Hall–Kier alpha value is -1.62. The molecule has 70 valence electrons. The van der Waals surface area contributed by atoms with E-state index in [1.165, 1.54) is 13.2 Å². The molecule has 0 aromatic carbocycles. The molecule has 1 heterocycles.